The van der Waals surface area contributed by atoms with Gasteiger partial charge in [-0.3, -0.25) is 4.79 Å². The highest BCUT2D eigenvalue weighted by molar-refractivity contribution is 5.99. The van der Waals surface area contributed by atoms with E-state index in [0.29, 0.717) is 0 Å². The van der Waals surface area contributed by atoms with Gasteiger partial charge in [-0.25, -0.2) is 18.0 Å². The number of hydrogen-bond acceptors (Lipinski definition) is 3. The number of hydrogen-bond donors (Lipinski definition) is 1. The standard InChI is InChI=1S/C15H12F3NO3/c1-15(2)13-10(14(21)22-15)7(5-9(20)19-13)6-3-4-8(16)12(18)11(6)17/h3-4,7H,5H2,1-2H3,(H,19,20). The van der Waals surface area contributed by atoms with Crippen molar-refractivity contribution in [2.75, 3.05) is 0 Å². The van der Waals surface area contributed by atoms with Crippen LogP contribution in [0.1, 0.15) is 31.7 Å². The zero-order valence-corrected chi connectivity index (χ0v) is 11.8. The van der Waals surface area contributed by atoms with Gasteiger partial charge in [0.15, 0.2) is 17.5 Å². The maximum atomic E-state index is 14.0. The van der Waals surface area contributed by atoms with Gasteiger partial charge in [0.2, 0.25) is 5.91 Å². The molecule has 22 heavy (non-hydrogen) atoms. The SMILES string of the molecule is CC1(C)OC(=O)C2=C1NC(=O)CC2c1ccc(F)c(F)c1F. The fourth-order valence-corrected chi connectivity index (χ4v) is 2.85. The quantitative estimate of drug-likeness (QED) is 0.639. The van der Waals surface area contributed by atoms with Crippen LogP contribution in [0.2, 0.25) is 0 Å². The Labute approximate surface area is 123 Å². The van der Waals surface area contributed by atoms with Crippen LogP contribution in [0.15, 0.2) is 23.4 Å². The van der Waals surface area contributed by atoms with Gasteiger partial charge in [-0.05, 0) is 25.5 Å². The van der Waals surface area contributed by atoms with Crippen molar-refractivity contribution in [2.45, 2.75) is 31.8 Å². The van der Waals surface area contributed by atoms with Crippen LogP contribution in [-0.2, 0) is 14.3 Å². The summed E-state index contributed by atoms with van der Waals surface area (Å²) in [6, 6.07) is 1.81. The molecule has 3 rings (SSSR count). The molecule has 1 amide bonds. The number of benzene rings is 1. The Kier molecular flexibility index (Phi) is 3.05. The van der Waals surface area contributed by atoms with Crippen molar-refractivity contribution in [3.63, 3.8) is 0 Å². The third-order valence-electron chi connectivity index (χ3n) is 3.88. The van der Waals surface area contributed by atoms with Crippen LogP contribution >= 0.6 is 0 Å². The first-order valence-corrected chi connectivity index (χ1v) is 6.63. The van der Waals surface area contributed by atoms with Crippen LogP contribution in [-0.4, -0.2) is 17.5 Å². The molecule has 0 saturated heterocycles. The monoisotopic (exact) mass is 311 g/mol. The van der Waals surface area contributed by atoms with Crippen LogP contribution in [0.4, 0.5) is 13.2 Å². The summed E-state index contributed by atoms with van der Waals surface area (Å²) in [5.41, 5.74) is -0.983. The molecular weight excluding hydrogens is 299 g/mol. The van der Waals surface area contributed by atoms with Crippen LogP contribution in [0, 0.1) is 17.5 Å². The normalized spacial score (nSPS) is 23.2. The second-order valence-corrected chi connectivity index (χ2v) is 5.76. The molecule has 0 radical (unpaired) electrons. The molecule has 0 aliphatic carbocycles. The molecule has 0 bridgehead atoms. The molecule has 2 aliphatic rings. The fourth-order valence-electron chi connectivity index (χ4n) is 2.85. The first kappa shape index (κ1) is 14.6. The van der Waals surface area contributed by atoms with Gasteiger partial charge >= 0.3 is 5.97 Å². The summed E-state index contributed by atoms with van der Waals surface area (Å²) in [6.07, 6.45) is -0.244. The predicted octanol–water partition coefficient (Wildman–Crippen LogP) is 2.30. The number of carbonyl (C=O) groups excluding carboxylic acids is 2. The van der Waals surface area contributed by atoms with E-state index in [1.165, 1.54) is 0 Å². The van der Waals surface area contributed by atoms with Crippen molar-refractivity contribution in [2.24, 2.45) is 0 Å². The maximum absolute atomic E-state index is 14.0. The Bertz CT molecular complexity index is 740. The number of esters is 1. The molecular formula is C15H12F3NO3. The Morgan fingerprint density at radius 1 is 1.18 bits per heavy atom. The lowest BCUT2D eigenvalue weighted by atomic mass is 9.82. The third-order valence-corrected chi connectivity index (χ3v) is 3.88. The predicted molar refractivity (Wildman–Crippen MR) is 69.0 cm³/mol. The van der Waals surface area contributed by atoms with E-state index in [9.17, 15) is 22.8 Å². The number of ether oxygens (including phenoxy) is 1. The highest BCUT2D eigenvalue weighted by Gasteiger charge is 2.48. The Morgan fingerprint density at radius 2 is 1.86 bits per heavy atom. The Balaban J connectivity index is 2.19. The molecule has 7 heteroatoms. The fraction of sp³-hybridized carbons (Fsp3) is 0.333. The summed E-state index contributed by atoms with van der Waals surface area (Å²) in [4.78, 5) is 23.9. The zero-order chi connectivity index (χ0) is 16.2. The molecule has 0 aromatic heterocycles. The highest BCUT2D eigenvalue weighted by atomic mass is 19.2. The van der Waals surface area contributed by atoms with Gasteiger partial charge in [-0.1, -0.05) is 6.07 Å². The van der Waals surface area contributed by atoms with E-state index in [1.807, 2.05) is 0 Å². The Hall–Kier alpha value is -2.31. The number of cyclic esters (lactones) is 1. The first-order chi connectivity index (χ1) is 10.2. The van der Waals surface area contributed by atoms with Gasteiger partial charge in [-0.2, -0.15) is 0 Å². The second-order valence-electron chi connectivity index (χ2n) is 5.76. The molecule has 1 unspecified atom stereocenters. The molecule has 116 valence electrons. The molecule has 1 aromatic carbocycles. The van der Waals surface area contributed by atoms with Crippen molar-refractivity contribution in [1.82, 2.24) is 5.32 Å². The minimum atomic E-state index is -1.63. The van der Waals surface area contributed by atoms with E-state index in [0.717, 1.165) is 12.1 Å². The van der Waals surface area contributed by atoms with Gasteiger partial charge in [0, 0.05) is 12.3 Å². The van der Waals surface area contributed by atoms with Gasteiger partial charge in [0.25, 0.3) is 0 Å². The van der Waals surface area contributed by atoms with Crippen LogP contribution < -0.4 is 5.32 Å². The lowest BCUT2D eigenvalue weighted by Gasteiger charge is -2.27. The van der Waals surface area contributed by atoms with Crippen molar-refractivity contribution in [1.29, 1.82) is 0 Å². The minimum absolute atomic E-state index is 0.0782. The minimum Gasteiger partial charge on any atom is -0.450 e. The largest absolute Gasteiger partial charge is 0.450 e. The van der Waals surface area contributed by atoms with Crippen LogP contribution in [0.25, 0.3) is 0 Å². The third kappa shape index (κ3) is 2.00. The summed E-state index contributed by atoms with van der Waals surface area (Å²) < 4.78 is 45.7. The maximum Gasteiger partial charge on any atom is 0.337 e. The average Bonchev–Trinajstić information content (AvgIpc) is 2.65. The number of rotatable bonds is 1. The summed E-state index contributed by atoms with van der Waals surface area (Å²) in [5, 5.41) is 2.55. The van der Waals surface area contributed by atoms with Gasteiger partial charge < -0.3 is 10.1 Å². The van der Waals surface area contributed by atoms with E-state index in [2.05, 4.69) is 5.32 Å². The van der Waals surface area contributed by atoms with Crippen molar-refractivity contribution in [3.8, 4) is 0 Å². The topological polar surface area (TPSA) is 55.4 Å². The highest BCUT2D eigenvalue weighted by Crippen LogP contribution is 2.43. The van der Waals surface area contributed by atoms with Crippen LogP contribution in [0.3, 0.4) is 0 Å². The molecule has 0 spiro atoms. The van der Waals surface area contributed by atoms with E-state index < -0.39 is 40.8 Å². The number of nitrogens with one attached hydrogen (secondary N) is 1. The van der Waals surface area contributed by atoms with Crippen molar-refractivity contribution >= 4 is 11.9 Å². The van der Waals surface area contributed by atoms with Crippen molar-refractivity contribution < 1.29 is 27.5 Å². The van der Waals surface area contributed by atoms with Crippen molar-refractivity contribution in [3.05, 3.63) is 46.4 Å². The first-order valence-electron chi connectivity index (χ1n) is 6.63. The molecule has 1 atom stereocenters. The smallest absolute Gasteiger partial charge is 0.337 e. The van der Waals surface area contributed by atoms with E-state index >= 15 is 0 Å². The number of amides is 1. The second kappa shape index (κ2) is 4.59. The molecule has 0 fully saturated rings. The molecule has 4 nitrogen and oxygen atoms in total. The van der Waals surface area contributed by atoms with E-state index in [1.54, 1.807) is 13.8 Å². The van der Waals surface area contributed by atoms with E-state index in [-0.39, 0.29) is 23.3 Å². The van der Waals surface area contributed by atoms with E-state index in [4.69, 9.17) is 4.74 Å². The molecule has 2 aliphatic heterocycles. The molecule has 0 saturated carbocycles. The molecule has 2 heterocycles. The van der Waals surface area contributed by atoms with Crippen LogP contribution in [0.5, 0.6) is 0 Å². The molecule has 1 N–H and O–H groups in total. The lowest BCUT2D eigenvalue weighted by molar-refractivity contribution is -0.144. The Morgan fingerprint density at radius 3 is 2.55 bits per heavy atom. The lowest BCUT2D eigenvalue weighted by Crippen LogP contribution is -2.38. The van der Waals surface area contributed by atoms with Gasteiger partial charge in [0.05, 0.1) is 11.3 Å². The zero-order valence-electron chi connectivity index (χ0n) is 11.8. The summed E-state index contributed by atoms with van der Waals surface area (Å²) in [7, 11) is 0. The number of halogens is 3. The average molecular weight is 311 g/mol. The molecule has 1 aromatic rings. The van der Waals surface area contributed by atoms with Gasteiger partial charge in [0.1, 0.15) is 5.60 Å². The van der Waals surface area contributed by atoms with Gasteiger partial charge in [-0.15, -0.1) is 0 Å². The number of carbonyl (C=O) groups is 2. The summed E-state index contributed by atoms with van der Waals surface area (Å²) >= 11 is 0. The summed E-state index contributed by atoms with van der Waals surface area (Å²) in [6.45, 7) is 3.16. The summed E-state index contributed by atoms with van der Waals surface area (Å²) in [5.74, 6) is -6.51.